The molecule has 9 heteroatoms. The summed E-state index contributed by atoms with van der Waals surface area (Å²) in [4.78, 5) is 16.5. The number of amides is 1. The van der Waals surface area contributed by atoms with Crippen molar-refractivity contribution >= 4 is 17.4 Å². The van der Waals surface area contributed by atoms with Gasteiger partial charge in [-0.2, -0.15) is 4.52 Å². The maximum absolute atomic E-state index is 13.0. The zero-order chi connectivity index (χ0) is 18.8. The van der Waals surface area contributed by atoms with Gasteiger partial charge in [0, 0.05) is 26.2 Å². The highest BCUT2D eigenvalue weighted by Crippen LogP contribution is 2.17. The number of fused-ring (bicyclic) bond motifs is 1. The Kier molecular flexibility index (Phi) is 4.57. The number of nitrogens with zero attached hydrogens (tertiary/aromatic N) is 6. The molecule has 0 aliphatic carbocycles. The van der Waals surface area contributed by atoms with E-state index in [1.807, 2.05) is 12.1 Å². The first-order chi connectivity index (χ1) is 13.1. The molecule has 1 aliphatic rings. The van der Waals surface area contributed by atoms with Crippen molar-refractivity contribution < 1.29 is 13.9 Å². The minimum atomic E-state index is -0.631. The van der Waals surface area contributed by atoms with Gasteiger partial charge in [0.15, 0.2) is 11.8 Å². The first-order valence-corrected chi connectivity index (χ1v) is 8.73. The Bertz CT molecular complexity index is 936. The first kappa shape index (κ1) is 17.2. The largest absolute Gasteiger partial charge is 0.481 e. The average molecular weight is 370 g/mol. The van der Waals surface area contributed by atoms with Crippen LogP contribution in [-0.4, -0.2) is 62.9 Å². The fourth-order valence-corrected chi connectivity index (χ4v) is 3.07. The number of ether oxygens (including phenoxy) is 1. The third-order valence-electron chi connectivity index (χ3n) is 4.54. The van der Waals surface area contributed by atoms with E-state index in [4.69, 9.17) is 4.74 Å². The molecule has 0 bridgehead atoms. The number of rotatable bonds is 4. The zero-order valence-corrected chi connectivity index (χ0v) is 14.8. The van der Waals surface area contributed by atoms with Gasteiger partial charge in [-0.3, -0.25) is 4.79 Å². The molecule has 0 N–H and O–H groups in total. The summed E-state index contributed by atoms with van der Waals surface area (Å²) in [7, 11) is 0. The van der Waals surface area contributed by atoms with Crippen molar-refractivity contribution in [3.63, 3.8) is 0 Å². The number of anilines is 1. The molecule has 1 fully saturated rings. The Balaban J connectivity index is 1.35. The van der Waals surface area contributed by atoms with Gasteiger partial charge in [0.2, 0.25) is 0 Å². The number of aromatic nitrogens is 4. The fraction of sp³-hybridized carbons (Fsp3) is 0.333. The quantitative estimate of drug-likeness (QED) is 0.691. The number of hydrogen-bond acceptors (Lipinski definition) is 6. The van der Waals surface area contributed by atoms with Gasteiger partial charge < -0.3 is 14.5 Å². The second-order valence-electron chi connectivity index (χ2n) is 6.35. The fourth-order valence-electron chi connectivity index (χ4n) is 3.07. The summed E-state index contributed by atoms with van der Waals surface area (Å²) in [5, 5.41) is 12.3. The topological polar surface area (TPSA) is 75.9 Å². The van der Waals surface area contributed by atoms with Crippen LogP contribution in [0.4, 0.5) is 10.2 Å². The zero-order valence-electron chi connectivity index (χ0n) is 14.8. The minimum absolute atomic E-state index is 0.0822. The summed E-state index contributed by atoms with van der Waals surface area (Å²) in [6, 6.07) is 9.43. The molecule has 0 radical (unpaired) electrons. The summed E-state index contributed by atoms with van der Waals surface area (Å²) < 4.78 is 20.2. The van der Waals surface area contributed by atoms with Gasteiger partial charge in [-0.1, -0.05) is 0 Å². The van der Waals surface area contributed by atoms with Crippen LogP contribution in [0, 0.1) is 5.82 Å². The smallest absolute Gasteiger partial charge is 0.263 e. The second kappa shape index (κ2) is 7.18. The molecule has 8 nitrogen and oxygen atoms in total. The van der Waals surface area contributed by atoms with Gasteiger partial charge in [0.25, 0.3) is 5.91 Å². The third kappa shape index (κ3) is 3.67. The monoisotopic (exact) mass is 370 g/mol. The predicted octanol–water partition coefficient (Wildman–Crippen LogP) is 1.38. The SMILES string of the molecule is C[C@H](Oc1ccc(F)cc1)C(=O)N1CCN(c2ccc3nncn3n2)CC1. The van der Waals surface area contributed by atoms with E-state index in [1.54, 1.807) is 22.7 Å². The normalized spacial score (nSPS) is 15.8. The van der Waals surface area contributed by atoms with Crippen molar-refractivity contribution in [1.82, 2.24) is 24.7 Å². The summed E-state index contributed by atoms with van der Waals surface area (Å²) in [6.07, 6.45) is 0.932. The second-order valence-corrected chi connectivity index (χ2v) is 6.35. The number of carbonyl (C=O) groups is 1. The Labute approximate surface area is 155 Å². The van der Waals surface area contributed by atoms with Gasteiger partial charge in [0.05, 0.1) is 0 Å². The molecule has 0 spiro atoms. The summed E-state index contributed by atoms with van der Waals surface area (Å²) in [6.45, 7) is 4.22. The Morgan fingerprint density at radius 3 is 2.59 bits per heavy atom. The van der Waals surface area contributed by atoms with Crippen LogP contribution in [0.2, 0.25) is 0 Å². The molecule has 0 saturated carbocycles. The van der Waals surface area contributed by atoms with E-state index in [2.05, 4.69) is 20.2 Å². The maximum Gasteiger partial charge on any atom is 0.263 e. The lowest BCUT2D eigenvalue weighted by molar-refractivity contribution is -0.138. The molecule has 1 atom stereocenters. The van der Waals surface area contributed by atoms with Crippen LogP contribution in [0.3, 0.4) is 0 Å². The van der Waals surface area contributed by atoms with E-state index in [0.29, 0.717) is 37.6 Å². The lowest BCUT2D eigenvalue weighted by Gasteiger charge is -2.36. The van der Waals surface area contributed by atoms with Crippen LogP contribution >= 0.6 is 0 Å². The van der Waals surface area contributed by atoms with Crippen molar-refractivity contribution in [2.45, 2.75) is 13.0 Å². The minimum Gasteiger partial charge on any atom is -0.481 e. The van der Waals surface area contributed by atoms with E-state index in [9.17, 15) is 9.18 Å². The molecular weight excluding hydrogens is 351 g/mol. The lowest BCUT2D eigenvalue weighted by Crippen LogP contribution is -2.52. The van der Waals surface area contributed by atoms with Crippen molar-refractivity contribution in [2.75, 3.05) is 31.1 Å². The molecule has 1 amide bonds. The highest BCUT2D eigenvalue weighted by atomic mass is 19.1. The van der Waals surface area contributed by atoms with Crippen LogP contribution in [0.15, 0.2) is 42.7 Å². The highest BCUT2D eigenvalue weighted by molar-refractivity contribution is 5.81. The molecule has 3 heterocycles. The molecule has 1 aliphatic heterocycles. The van der Waals surface area contributed by atoms with Crippen LogP contribution in [-0.2, 0) is 4.79 Å². The predicted molar refractivity (Wildman–Crippen MR) is 96.1 cm³/mol. The standard InChI is InChI=1S/C18H19FN6O2/c1-13(27-15-4-2-14(19)3-5-15)18(26)24-10-8-23(9-11-24)17-7-6-16-21-20-12-25(16)22-17/h2-7,12-13H,8-11H2,1H3/t13-/m0/s1. The molecule has 27 heavy (non-hydrogen) atoms. The van der Waals surface area contributed by atoms with Crippen LogP contribution in [0.1, 0.15) is 6.92 Å². The van der Waals surface area contributed by atoms with Gasteiger partial charge >= 0.3 is 0 Å². The van der Waals surface area contributed by atoms with Crippen molar-refractivity contribution in [1.29, 1.82) is 0 Å². The molecule has 1 aromatic carbocycles. The average Bonchev–Trinajstić information content (AvgIpc) is 3.17. The molecule has 1 saturated heterocycles. The highest BCUT2D eigenvalue weighted by Gasteiger charge is 2.26. The Morgan fingerprint density at radius 1 is 1.11 bits per heavy atom. The van der Waals surface area contributed by atoms with E-state index in [0.717, 1.165) is 5.82 Å². The Hall–Kier alpha value is -3.23. The number of halogens is 1. The van der Waals surface area contributed by atoms with Crippen LogP contribution in [0.25, 0.3) is 5.65 Å². The van der Waals surface area contributed by atoms with E-state index in [1.165, 1.54) is 24.3 Å². The van der Waals surface area contributed by atoms with Gasteiger partial charge in [-0.15, -0.1) is 15.3 Å². The van der Waals surface area contributed by atoms with E-state index >= 15 is 0 Å². The van der Waals surface area contributed by atoms with Crippen LogP contribution in [0.5, 0.6) is 5.75 Å². The number of hydrogen-bond donors (Lipinski definition) is 0. The Morgan fingerprint density at radius 2 is 1.85 bits per heavy atom. The number of piperazine rings is 1. The summed E-state index contributed by atoms with van der Waals surface area (Å²) in [5.41, 5.74) is 0.694. The first-order valence-electron chi connectivity index (χ1n) is 8.73. The molecule has 2 aromatic heterocycles. The van der Waals surface area contributed by atoms with Gasteiger partial charge in [-0.05, 0) is 43.3 Å². The van der Waals surface area contributed by atoms with Gasteiger partial charge in [-0.25, -0.2) is 4.39 Å². The van der Waals surface area contributed by atoms with Crippen molar-refractivity contribution in [3.05, 3.63) is 48.5 Å². The number of benzene rings is 1. The lowest BCUT2D eigenvalue weighted by atomic mass is 10.2. The van der Waals surface area contributed by atoms with Crippen molar-refractivity contribution in [2.24, 2.45) is 0 Å². The third-order valence-corrected chi connectivity index (χ3v) is 4.54. The van der Waals surface area contributed by atoms with Crippen molar-refractivity contribution in [3.8, 4) is 5.75 Å². The van der Waals surface area contributed by atoms with E-state index < -0.39 is 6.10 Å². The number of carbonyl (C=O) groups excluding carboxylic acids is 1. The summed E-state index contributed by atoms with van der Waals surface area (Å²) in [5.74, 6) is 0.879. The molecule has 0 unspecified atom stereocenters. The van der Waals surface area contributed by atoms with Gasteiger partial charge in [0.1, 0.15) is 23.7 Å². The molecule has 3 aromatic rings. The molecule has 140 valence electrons. The van der Waals surface area contributed by atoms with E-state index in [-0.39, 0.29) is 11.7 Å². The maximum atomic E-state index is 13.0. The van der Waals surface area contributed by atoms with Crippen LogP contribution < -0.4 is 9.64 Å². The summed E-state index contributed by atoms with van der Waals surface area (Å²) >= 11 is 0. The molecule has 4 rings (SSSR count). The molecular formula is C18H19FN6O2.